The van der Waals surface area contributed by atoms with Crippen LogP contribution in [0.3, 0.4) is 0 Å². The lowest BCUT2D eigenvalue weighted by atomic mass is 9.90. The predicted molar refractivity (Wildman–Crippen MR) is 125 cm³/mol. The summed E-state index contributed by atoms with van der Waals surface area (Å²) in [5.41, 5.74) is 3.06. The van der Waals surface area contributed by atoms with Gasteiger partial charge >= 0.3 is 0 Å². The molecule has 33 heavy (non-hydrogen) atoms. The number of nitrogens with one attached hydrogen (secondary N) is 1. The van der Waals surface area contributed by atoms with Crippen molar-refractivity contribution in [3.8, 4) is 0 Å². The highest BCUT2D eigenvalue weighted by atomic mass is 32.2. The highest BCUT2D eigenvalue weighted by molar-refractivity contribution is 7.86. The summed E-state index contributed by atoms with van der Waals surface area (Å²) in [5.74, 6) is -0.254. The molecule has 2 aromatic carbocycles. The van der Waals surface area contributed by atoms with Crippen molar-refractivity contribution in [3.63, 3.8) is 0 Å². The minimum Gasteiger partial charge on any atom is -0.372 e. The quantitative estimate of drug-likeness (QED) is 0.492. The van der Waals surface area contributed by atoms with Crippen LogP contribution >= 0.6 is 0 Å². The largest absolute Gasteiger partial charge is 0.372 e. The molecule has 1 atom stereocenters. The van der Waals surface area contributed by atoms with Crippen molar-refractivity contribution in [2.75, 3.05) is 24.6 Å². The van der Waals surface area contributed by atoms with Crippen molar-refractivity contribution in [2.24, 2.45) is 5.92 Å². The lowest BCUT2D eigenvalue weighted by Crippen LogP contribution is -2.39. The van der Waals surface area contributed by atoms with Gasteiger partial charge in [-0.1, -0.05) is 29.8 Å². The molecular weight excluding hydrogens is 440 g/mol. The zero-order valence-corrected chi connectivity index (χ0v) is 19.6. The Hall–Kier alpha value is -2.71. The van der Waals surface area contributed by atoms with Gasteiger partial charge in [0.1, 0.15) is 0 Å². The molecule has 7 nitrogen and oxygen atoms in total. The van der Waals surface area contributed by atoms with Crippen molar-refractivity contribution >= 4 is 27.6 Å². The second-order valence-corrected chi connectivity index (χ2v) is 10.5. The molecule has 0 saturated carbocycles. The van der Waals surface area contributed by atoms with Crippen LogP contribution in [-0.2, 0) is 23.9 Å². The number of carbonyl (C=O) groups excluding carboxylic acids is 2. The molecule has 2 aliphatic rings. The Bertz CT molecular complexity index is 1090. The summed E-state index contributed by atoms with van der Waals surface area (Å²) < 4.78 is 29.9. The molecule has 2 aromatic rings. The first-order valence-electron chi connectivity index (χ1n) is 11.5. The van der Waals surface area contributed by atoms with Crippen LogP contribution < -0.4 is 10.2 Å². The van der Waals surface area contributed by atoms with Crippen LogP contribution in [0, 0.1) is 12.8 Å². The molecule has 0 bridgehead atoms. The van der Waals surface area contributed by atoms with Crippen LogP contribution in [0.25, 0.3) is 0 Å². The second kappa shape index (κ2) is 10.1. The van der Waals surface area contributed by atoms with Gasteiger partial charge in [0.2, 0.25) is 11.8 Å². The third-order valence-corrected chi connectivity index (χ3v) is 7.92. The highest BCUT2D eigenvalue weighted by Crippen LogP contribution is 2.29. The van der Waals surface area contributed by atoms with Crippen molar-refractivity contribution in [1.82, 2.24) is 5.32 Å². The van der Waals surface area contributed by atoms with Crippen molar-refractivity contribution in [2.45, 2.75) is 49.8 Å². The molecule has 2 fully saturated rings. The Labute approximate surface area is 195 Å². The molecule has 0 aromatic heterocycles. The Kier molecular flexibility index (Phi) is 7.14. The summed E-state index contributed by atoms with van der Waals surface area (Å²) in [6.45, 7) is 3.90. The zero-order chi connectivity index (χ0) is 23.4. The van der Waals surface area contributed by atoms with E-state index >= 15 is 0 Å². The van der Waals surface area contributed by atoms with E-state index < -0.39 is 10.1 Å². The van der Waals surface area contributed by atoms with E-state index in [1.807, 2.05) is 31.2 Å². The number of hydrogen-bond donors (Lipinski definition) is 1. The molecule has 2 heterocycles. The second-order valence-electron chi connectivity index (χ2n) is 8.90. The molecule has 2 saturated heterocycles. The van der Waals surface area contributed by atoms with Gasteiger partial charge in [0.05, 0.1) is 17.4 Å². The van der Waals surface area contributed by atoms with E-state index in [2.05, 4.69) is 10.2 Å². The zero-order valence-electron chi connectivity index (χ0n) is 18.8. The first kappa shape index (κ1) is 23.4. The summed E-state index contributed by atoms with van der Waals surface area (Å²) in [7, 11) is -3.71. The van der Waals surface area contributed by atoms with E-state index in [4.69, 9.17) is 4.18 Å². The van der Waals surface area contributed by atoms with E-state index in [9.17, 15) is 18.0 Å². The Morgan fingerprint density at radius 1 is 0.970 bits per heavy atom. The average molecular weight is 471 g/mol. The van der Waals surface area contributed by atoms with E-state index in [1.54, 1.807) is 24.3 Å². The third-order valence-electron chi connectivity index (χ3n) is 6.59. The lowest BCUT2D eigenvalue weighted by Gasteiger charge is -2.34. The predicted octanol–water partition coefficient (Wildman–Crippen LogP) is 3.53. The monoisotopic (exact) mass is 470 g/mol. The van der Waals surface area contributed by atoms with E-state index in [0.29, 0.717) is 25.2 Å². The summed E-state index contributed by atoms with van der Waals surface area (Å²) in [5, 5.41) is 2.41. The molecular formula is C25H30N2O5S. The minimum absolute atomic E-state index is 0.196. The number of carbonyl (C=O) groups is 2. The number of anilines is 1. The van der Waals surface area contributed by atoms with Gasteiger partial charge < -0.3 is 4.90 Å². The van der Waals surface area contributed by atoms with Crippen LogP contribution in [0.4, 0.5) is 5.69 Å². The molecule has 0 spiro atoms. The number of piperidine rings is 2. The van der Waals surface area contributed by atoms with Crippen molar-refractivity contribution in [3.05, 3.63) is 59.7 Å². The van der Waals surface area contributed by atoms with Gasteiger partial charge in [0.15, 0.2) is 0 Å². The maximum absolute atomic E-state index is 12.3. The van der Waals surface area contributed by atoms with Crippen LogP contribution in [0.15, 0.2) is 53.4 Å². The maximum Gasteiger partial charge on any atom is 0.296 e. The summed E-state index contributed by atoms with van der Waals surface area (Å²) in [4.78, 5) is 25.9. The van der Waals surface area contributed by atoms with E-state index in [-0.39, 0.29) is 29.2 Å². The smallest absolute Gasteiger partial charge is 0.296 e. The van der Waals surface area contributed by atoms with Gasteiger partial charge in [-0.3, -0.25) is 19.1 Å². The number of nitrogens with zero attached hydrogens (tertiary/aromatic N) is 1. The van der Waals surface area contributed by atoms with Gasteiger partial charge in [0, 0.05) is 25.2 Å². The number of benzene rings is 2. The van der Waals surface area contributed by atoms with Gasteiger partial charge in [-0.05, 0) is 68.4 Å². The summed E-state index contributed by atoms with van der Waals surface area (Å²) in [6, 6.07) is 14.7. The molecule has 2 amide bonds. The van der Waals surface area contributed by atoms with E-state index in [1.165, 1.54) is 0 Å². The number of aryl methyl sites for hydroxylation is 1. The molecule has 1 N–H and O–H groups in total. The number of imide groups is 1. The van der Waals surface area contributed by atoms with Crippen LogP contribution in [-0.4, -0.2) is 39.9 Å². The van der Waals surface area contributed by atoms with Gasteiger partial charge in [-0.15, -0.1) is 0 Å². The summed E-state index contributed by atoms with van der Waals surface area (Å²) >= 11 is 0. The molecule has 4 rings (SSSR count). The normalized spacial score (nSPS) is 20.0. The Morgan fingerprint density at radius 3 is 2.27 bits per heavy atom. The standard InChI is InChI=1S/C25H30N2O5S/c1-18-2-8-22(9-3-18)33(30,31)32-17-14-19-12-15-27(16-13-19)21-6-4-20(5-7-21)23-10-11-24(28)26-25(23)29/h2-9,19,23H,10-17H2,1H3,(H,26,28,29). The number of hydrogen-bond acceptors (Lipinski definition) is 6. The summed E-state index contributed by atoms with van der Waals surface area (Å²) in [6.07, 6.45) is 3.60. The van der Waals surface area contributed by atoms with Crippen LogP contribution in [0.2, 0.25) is 0 Å². The fourth-order valence-electron chi connectivity index (χ4n) is 4.51. The van der Waals surface area contributed by atoms with Crippen molar-refractivity contribution in [1.29, 1.82) is 0 Å². The fraction of sp³-hybridized carbons (Fsp3) is 0.440. The lowest BCUT2D eigenvalue weighted by molar-refractivity contribution is -0.134. The maximum atomic E-state index is 12.3. The Balaban J connectivity index is 1.24. The first-order valence-corrected chi connectivity index (χ1v) is 12.9. The molecule has 176 valence electrons. The van der Waals surface area contributed by atoms with Gasteiger partial charge in [0.25, 0.3) is 10.1 Å². The third kappa shape index (κ3) is 5.81. The fourth-order valence-corrected chi connectivity index (χ4v) is 5.43. The first-order chi connectivity index (χ1) is 15.8. The number of amides is 2. The molecule has 0 aliphatic carbocycles. The van der Waals surface area contributed by atoms with Crippen LogP contribution in [0.5, 0.6) is 0 Å². The molecule has 1 unspecified atom stereocenters. The van der Waals surface area contributed by atoms with Crippen molar-refractivity contribution < 1.29 is 22.2 Å². The molecule has 2 aliphatic heterocycles. The minimum atomic E-state index is -3.71. The average Bonchev–Trinajstić information content (AvgIpc) is 2.80. The SMILES string of the molecule is Cc1ccc(S(=O)(=O)OCCC2CCN(c3ccc(C4CCC(=O)NC4=O)cc3)CC2)cc1. The van der Waals surface area contributed by atoms with Gasteiger partial charge in [-0.25, -0.2) is 0 Å². The van der Waals surface area contributed by atoms with Gasteiger partial charge in [-0.2, -0.15) is 8.42 Å². The van der Waals surface area contributed by atoms with Crippen LogP contribution in [0.1, 0.15) is 49.1 Å². The molecule has 8 heteroatoms. The number of rotatable bonds is 7. The highest BCUT2D eigenvalue weighted by Gasteiger charge is 2.28. The topological polar surface area (TPSA) is 92.8 Å². The Morgan fingerprint density at radius 2 is 1.64 bits per heavy atom. The molecule has 0 radical (unpaired) electrons. The van der Waals surface area contributed by atoms with E-state index in [0.717, 1.165) is 42.7 Å².